The molecule has 10 aromatic rings. The Kier molecular flexibility index (Phi) is 7.14. The van der Waals surface area contributed by atoms with E-state index in [1.807, 2.05) is 11.3 Å². The highest BCUT2D eigenvalue weighted by Gasteiger charge is 2.35. The molecule has 0 spiro atoms. The zero-order valence-corrected chi connectivity index (χ0v) is 31.6. The van der Waals surface area contributed by atoms with Gasteiger partial charge in [0.25, 0.3) is 0 Å². The lowest BCUT2D eigenvalue weighted by atomic mass is 9.82. The number of thiophene rings is 1. The van der Waals surface area contributed by atoms with Crippen LogP contribution in [-0.2, 0) is 5.41 Å². The van der Waals surface area contributed by atoms with E-state index in [2.05, 4.69) is 207 Å². The largest absolute Gasteiger partial charge is 0.310 e. The highest BCUT2D eigenvalue weighted by molar-refractivity contribution is 7.26. The number of hydrogen-bond donors (Lipinski definition) is 0. The molecule has 1 heterocycles. The van der Waals surface area contributed by atoms with Crippen LogP contribution in [0.25, 0.3) is 75.1 Å². The first-order chi connectivity index (χ1) is 27.0. The van der Waals surface area contributed by atoms with E-state index >= 15 is 0 Å². The monoisotopic (exact) mass is 719 g/mol. The van der Waals surface area contributed by atoms with Crippen molar-refractivity contribution in [1.82, 2.24) is 0 Å². The van der Waals surface area contributed by atoms with Gasteiger partial charge in [0.1, 0.15) is 0 Å². The van der Waals surface area contributed by atoms with Crippen molar-refractivity contribution in [3.63, 3.8) is 0 Å². The predicted molar refractivity (Wildman–Crippen MR) is 237 cm³/mol. The molecule has 0 amide bonds. The lowest BCUT2D eigenvalue weighted by Crippen LogP contribution is -2.15. The normalized spacial score (nSPS) is 13.1. The van der Waals surface area contributed by atoms with E-state index in [0.717, 1.165) is 17.1 Å². The number of anilines is 3. The van der Waals surface area contributed by atoms with Crippen molar-refractivity contribution in [2.24, 2.45) is 0 Å². The summed E-state index contributed by atoms with van der Waals surface area (Å²) in [7, 11) is 0. The average molecular weight is 720 g/mol. The van der Waals surface area contributed by atoms with Crippen molar-refractivity contribution < 1.29 is 0 Å². The van der Waals surface area contributed by atoms with Crippen LogP contribution >= 0.6 is 11.3 Å². The molecule has 0 radical (unpaired) electrons. The number of rotatable bonds is 5. The molecule has 0 unspecified atom stereocenters. The van der Waals surface area contributed by atoms with Gasteiger partial charge in [-0.1, -0.05) is 147 Å². The molecule has 1 nitrogen and oxygen atoms in total. The Hall–Kier alpha value is -6.48. The lowest BCUT2D eigenvalue weighted by Gasteiger charge is -2.28. The van der Waals surface area contributed by atoms with Gasteiger partial charge in [-0.05, 0) is 115 Å². The van der Waals surface area contributed by atoms with Gasteiger partial charge >= 0.3 is 0 Å². The molecule has 1 aromatic heterocycles. The van der Waals surface area contributed by atoms with Crippen LogP contribution < -0.4 is 4.90 Å². The number of fused-ring (bicyclic) bond motifs is 8. The van der Waals surface area contributed by atoms with Gasteiger partial charge in [0.2, 0.25) is 0 Å². The summed E-state index contributed by atoms with van der Waals surface area (Å²) >= 11 is 1.90. The second-order valence-electron chi connectivity index (χ2n) is 15.3. The van der Waals surface area contributed by atoms with Crippen molar-refractivity contribution in [2.45, 2.75) is 19.3 Å². The average Bonchev–Trinajstić information content (AvgIpc) is 3.71. The van der Waals surface area contributed by atoms with E-state index in [4.69, 9.17) is 0 Å². The van der Waals surface area contributed by atoms with Crippen molar-refractivity contribution >= 4 is 70.1 Å². The van der Waals surface area contributed by atoms with Crippen molar-refractivity contribution in [1.29, 1.82) is 0 Å². The molecule has 1 aliphatic carbocycles. The summed E-state index contributed by atoms with van der Waals surface area (Å²) in [6, 6.07) is 69.7. The van der Waals surface area contributed by atoms with Crippen LogP contribution in [0.1, 0.15) is 25.0 Å². The van der Waals surface area contributed by atoms with E-state index in [9.17, 15) is 0 Å². The molecule has 0 atom stereocenters. The summed E-state index contributed by atoms with van der Waals surface area (Å²) in [6.07, 6.45) is 0. The van der Waals surface area contributed by atoms with Crippen LogP contribution in [0.15, 0.2) is 188 Å². The van der Waals surface area contributed by atoms with E-state index in [1.54, 1.807) is 0 Å². The Balaban J connectivity index is 1.09. The van der Waals surface area contributed by atoms with Crippen LogP contribution in [0.2, 0.25) is 0 Å². The summed E-state index contributed by atoms with van der Waals surface area (Å²) < 4.78 is 2.66. The molecule has 2 heteroatoms. The fourth-order valence-corrected chi connectivity index (χ4v) is 10.3. The van der Waals surface area contributed by atoms with Crippen molar-refractivity contribution in [3.05, 3.63) is 199 Å². The van der Waals surface area contributed by atoms with Gasteiger partial charge < -0.3 is 4.90 Å². The topological polar surface area (TPSA) is 3.24 Å². The van der Waals surface area contributed by atoms with Crippen molar-refractivity contribution in [3.8, 4) is 33.4 Å². The van der Waals surface area contributed by atoms with E-state index < -0.39 is 0 Å². The minimum Gasteiger partial charge on any atom is -0.310 e. The summed E-state index contributed by atoms with van der Waals surface area (Å²) in [4.78, 5) is 2.43. The molecule has 1 aliphatic rings. The fourth-order valence-electron chi connectivity index (χ4n) is 9.07. The predicted octanol–water partition coefficient (Wildman–Crippen LogP) is 15.5. The molecule has 0 saturated carbocycles. The molecule has 55 heavy (non-hydrogen) atoms. The molecule has 9 aromatic carbocycles. The standard InChI is InChI=1S/C53H37NS/c1-53(2)48-20-9-7-18-44(48)46-33-42(28-29-49(46)53)54(41-16-11-15-37(31-41)38-23-22-34-12-3-4-13-36(34)30-38)40-26-24-35(25-27-40)51-43-17-6-5-14-39(43)32-47-45-19-8-10-21-50(45)55-52(47)51/h3-33H,1-2H3. The Morgan fingerprint density at radius 2 is 1.05 bits per heavy atom. The molecular formula is C53H37NS. The van der Waals surface area contributed by atoms with Gasteiger partial charge in [-0.15, -0.1) is 11.3 Å². The van der Waals surface area contributed by atoms with E-state index in [-0.39, 0.29) is 5.41 Å². The van der Waals surface area contributed by atoms with E-state index in [1.165, 1.54) is 86.2 Å². The molecule has 0 aliphatic heterocycles. The van der Waals surface area contributed by atoms with Gasteiger partial charge in [0.05, 0.1) is 0 Å². The van der Waals surface area contributed by atoms with Gasteiger partial charge in [-0.2, -0.15) is 0 Å². The summed E-state index contributed by atoms with van der Waals surface area (Å²) in [5.41, 5.74) is 13.7. The van der Waals surface area contributed by atoms with Crippen LogP contribution in [0.5, 0.6) is 0 Å². The highest BCUT2D eigenvalue weighted by atomic mass is 32.1. The second kappa shape index (κ2) is 12.3. The molecule has 260 valence electrons. The minimum atomic E-state index is -0.0523. The Morgan fingerprint density at radius 3 is 1.93 bits per heavy atom. The zero-order chi connectivity index (χ0) is 36.7. The van der Waals surface area contributed by atoms with Crippen LogP contribution in [0, 0.1) is 0 Å². The minimum absolute atomic E-state index is 0.0523. The van der Waals surface area contributed by atoms with Gasteiger partial charge in [0.15, 0.2) is 0 Å². The SMILES string of the molecule is CC1(C)c2ccccc2-c2cc(N(c3ccc(-c4c5ccccc5cc5c4sc4ccccc45)cc3)c3cccc(-c4ccc5ccccc5c4)c3)ccc21. The van der Waals surface area contributed by atoms with Crippen molar-refractivity contribution in [2.75, 3.05) is 4.90 Å². The molecule has 11 rings (SSSR count). The Labute approximate surface area is 325 Å². The Morgan fingerprint density at radius 1 is 0.400 bits per heavy atom. The molecule has 0 N–H and O–H groups in total. The Bertz CT molecular complexity index is 3130. The first-order valence-corrected chi connectivity index (χ1v) is 19.9. The molecule has 0 bridgehead atoms. The maximum atomic E-state index is 2.43. The van der Waals surface area contributed by atoms with Gasteiger partial charge in [0, 0.05) is 48.2 Å². The fraction of sp³-hybridized carbons (Fsp3) is 0.0566. The first-order valence-electron chi connectivity index (χ1n) is 19.1. The quantitative estimate of drug-likeness (QED) is 0.171. The van der Waals surface area contributed by atoms with Crippen LogP contribution in [0.4, 0.5) is 17.1 Å². The molecule has 0 fully saturated rings. The smallest absolute Gasteiger partial charge is 0.0468 e. The molecular weight excluding hydrogens is 683 g/mol. The summed E-state index contributed by atoms with van der Waals surface area (Å²) in [5, 5.41) is 7.71. The van der Waals surface area contributed by atoms with E-state index in [0.29, 0.717) is 0 Å². The van der Waals surface area contributed by atoms with Crippen LogP contribution in [0.3, 0.4) is 0 Å². The second-order valence-corrected chi connectivity index (χ2v) is 16.4. The number of hydrogen-bond acceptors (Lipinski definition) is 2. The summed E-state index contributed by atoms with van der Waals surface area (Å²) in [6.45, 7) is 4.70. The first kappa shape index (κ1) is 32.0. The highest BCUT2D eigenvalue weighted by Crippen LogP contribution is 2.51. The van der Waals surface area contributed by atoms with Crippen LogP contribution in [-0.4, -0.2) is 0 Å². The lowest BCUT2D eigenvalue weighted by molar-refractivity contribution is 0.660. The number of benzene rings is 9. The van der Waals surface area contributed by atoms with Gasteiger partial charge in [-0.25, -0.2) is 0 Å². The third-order valence-electron chi connectivity index (χ3n) is 11.8. The maximum Gasteiger partial charge on any atom is 0.0468 e. The summed E-state index contributed by atoms with van der Waals surface area (Å²) in [5.74, 6) is 0. The zero-order valence-electron chi connectivity index (χ0n) is 30.8. The number of nitrogens with zero attached hydrogens (tertiary/aromatic N) is 1. The van der Waals surface area contributed by atoms with Gasteiger partial charge in [-0.3, -0.25) is 0 Å². The maximum absolute atomic E-state index is 2.43. The third-order valence-corrected chi connectivity index (χ3v) is 13.0. The third kappa shape index (κ3) is 5.06. The molecule has 0 saturated heterocycles.